The summed E-state index contributed by atoms with van der Waals surface area (Å²) in [4.78, 5) is 16.1. The minimum absolute atomic E-state index is 0.338. The molecule has 1 heterocycles. The van der Waals surface area contributed by atoms with Crippen molar-refractivity contribution in [2.75, 3.05) is 0 Å². The van der Waals surface area contributed by atoms with E-state index in [9.17, 15) is 4.79 Å². The van der Waals surface area contributed by atoms with Gasteiger partial charge in [0.05, 0.1) is 16.8 Å². The topological polar surface area (TPSA) is 38.7 Å². The molecule has 0 unspecified atom stereocenters. The minimum atomic E-state index is -0.338. The van der Waals surface area contributed by atoms with Crippen LogP contribution in [0.2, 0.25) is 0 Å². The second-order valence-electron chi connectivity index (χ2n) is 3.80. The van der Waals surface area contributed by atoms with E-state index >= 15 is 0 Å². The maximum absolute atomic E-state index is 11.6. The summed E-state index contributed by atoms with van der Waals surface area (Å²) in [5.41, 5.74) is 2.13. The molecular formula is C14H8INO2. The van der Waals surface area contributed by atoms with Gasteiger partial charge in [-0.3, -0.25) is 0 Å². The normalized spacial score (nSPS) is 15.6. The highest BCUT2D eigenvalue weighted by Crippen LogP contribution is 2.26. The van der Waals surface area contributed by atoms with Crippen LogP contribution in [0, 0.1) is 3.57 Å². The van der Waals surface area contributed by atoms with Crippen molar-refractivity contribution in [3.8, 4) is 0 Å². The summed E-state index contributed by atoms with van der Waals surface area (Å²) in [5, 5.41) is 0. The molecule has 3 nitrogen and oxygen atoms in total. The Bertz CT molecular complexity index is 664. The van der Waals surface area contributed by atoms with Crippen LogP contribution in [-0.2, 0) is 4.74 Å². The van der Waals surface area contributed by atoms with E-state index < -0.39 is 0 Å². The smallest absolute Gasteiger partial charge is 0.345 e. The number of esters is 1. The SMILES string of the molecule is O=C1OC(=Nc2ccccc2I)c2ccccc21. The van der Waals surface area contributed by atoms with Gasteiger partial charge in [0.25, 0.3) is 0 Å². The summed E-state index contributed by atoms with van der Waals surface area (Å²) >= 11 is 2.20. The third kappa shape index (κ3) is 1.92. The monoisotopic (exact) mass is 349 g/mol. The molecule has 0 aliphatic carbocycles. The van der Waals surface area contributed by atoms with E-state index in [0.29, 0.717) is 11.5 Å². The molecule has 0 N–H and O–H groups in total. The van der Waals surface area contributed by atoms with E-state index in [1.54, 1.807) is 6.07 Å². The van der Waals surface area contributed by atoms with Gasteiger partial charge in [0.2, 0.25) is 5.90 Å². The first kappa shape index (κ1) is 11.4. The molecule has 0 radical (unpaired) electrons. The van der Waals surface area contributed by atoms with Crippen LogP contribution in [0.4, 0.5) is 5.69 Å². The molecule has 0 atom stereocenters. The summed E-state index contributed by atoms with van der Waals surface area (Å²) in [6, 6.07) is 15.0. The van der Waals surface area contributed by atoms with E-state index in [2.05, 4.69) is 27.6 Å². The highest BCUT2D eigenvalue weighted by Gasteiger charge is 2.27. The zero-order valence-electron chi connectivity index (χ0n) is 9.26. The van der Waals surface area contributed by atoms with Crippen molar-refractivity contribution in [3.63, 3.8) is 0 Å². The summed E-state index contributed by atoms with van der Waals surface area (Å²) in [7, 11) is 0. The fraction of sp³-hybridized carbons (Fsp3) is 0. The van der Waals surface area contributed by atoms with Gasteiger partial charge in [-0.2, -0.15) is 0 Å². The summed E-state index contributed by atoms with van der Waals surface area (Å²) < 4.78 is 6.22. The highest BCUT2D eigenvalue weighted by molar-refractivity contribution is 14.1. The van der Waals surface area contributed by atoms with Crippen LogP contribution in [-0.4, -0.2) is 11.9 Å². The van der Waals surface area contributed by atoms with Gasteiger partial charge >= 0.3 is 5.97 Å². The van der Waals surface area contributed by atoms with Gasteiger partial charge in [0, 0.05) is 3.57 Å². The van der Waals surface area contributed by atoms with Gasteiger partial charge in [-0.15, -0.1) is 0 Å². The third-order valence-electron chi connectivity index (χ3n) is 2.64. The Morgan fingerprint density at radius 2 is 1.61 bits per heavy atom. The van der Waals surface area contributed by atoms with Crippen LogP contribution in [0.5, 0.6) is 0 Å². The number of hydrogen-bond donors (Lipinski definition) is 0. The van der Waals surface area contributed by atoms with Crippen LogP contribution in [0.25, 0.3) is 0 Å². The van der Waals surface area contributed by atoms with Crippen molar-refractivity contribution in [1.82, 2.24) is 0 Å². The number of hydrogen-bond acceptors (Lipinski definition) is 3. The number of carbonyl (C=O) groups excluding carboxylic acids is 1. The first-order chi connectivity index (χ1) is 8.75. The lowest BCUT2D eigenvalue weighted by atomic mass is 10.1. The van der Waals surface area contributed by atoms with Gasteiger partial charge in [-0.25, -0.2) is 9.79 Å². The number of cyclic esters (lactones) is 1. The third-order valence-corrected chi connectivity index (χ3v) is 3.55. The van der Waals surface area contributed by atoms with Gasteiger partial charge in [-0.1, -0.05) is 24.3 Å². The Morgan fingerprint density at radius 1 is 0.944 bits per heavy atom. The lowest BCUT2D eigenvalue weighted by molar-refractivity contribution is 0.0737. The van der Waals surface area contributed by atoms with Gasteiger partial charge in [-0.05, 0) is 46.9 Å². The molecule has 4 heteroatoms. The number of benzene rings is 2. The van der Waals surface area contributed by atoms with E-state index in [4.69, 9.17) is 4.74 Å². The number of ether oxygens (including phenoxy) is 1. The molecule has 1 aliphatic heterocycles. The molecule has 0 saturated carbocycles. The lowest BCUT2D eigenvalue weighted by Crippen LogP contribution is -1.99. The summed E-state index contributed by atoms with van der Waals surface area (Å²) in [6.07, 6.45) is 0. The summed E-state index contributed by atoms with van der Waals surface area (Å²) in [5.74, 6) is 0.0370. The van der Waals surface area contributed by atoms with Gasteiger partial charge < -0.3 is 4.74 Å². The van der Waals surface area contributed by atoms with Crippen molar-refractivity contribution < 1.29 is 9.53 Å². The number of halogens is 1. The Morgan fingerprint density at radius 3 is 2.39 bits per heavy atom. The molecule has 18 heavy (non-hydrogen) atoms. The number of nitrogens with zero attached hydrogens (tertiary/aromatic N) is 1. The molecule has 0 saturated heterocycles. The predicted molar refractivity (Wildman–Crippen MR) is 77.2 cm³/mol. The molecule has 3 rings (SSSR count). The highest BCUT2D eigenvalue weighted by atomic mass is 127. The molecule has 0 spiro atoms. The van der Waals surface area contributed by atoms with Crippen molar-refractivity contribution in [2.45, 2.75) is 0 Å². The van der Waals surface area contributed by atoms with E-state index in [0.717, 1.165) is 14.8 Å². The Balaban J connectivity index is 2.11. The van der Waals surface area contributed by atoms with Gasteiger partial charge in [0.1, 0.15) is 0 Å². The molecule has 0 bridgehead atoms. The minimum Gasteiger partial charge on any atom is -0.403 e. The molecule has 2 aromatic carbocycles. The van der Waals surface area contributed by atoms with Crippen LogP contribution >= 0.6 is 22.6 Å². The summed E-state index contributed by atoms with van der Waals surface area (Å²) in [6.45, 7) is 0. The largest absolute Gasteiger partial charge is 0.403 e. The first-order valence-electron chi connectivity index (χ1n) is 5.40. The average molecular weight is 349 g/mol. The maximum Gasteiger partial charge on any atom is 0.345 e. The zero-order chi connectivity index (χ0) is 12.5. The van der Waals surface area contributed by atoms with E-state index in [1.165, 1.54) is 0 Å². The Labute approximate surface area is 118 Å². The van der Waals surface area contributed by atoms with E-state index in [1.807, 2.05) is 42.5 Å². The average Bonchev–Trinajstić information content (AvgIpc) is 2.70. The zero-order valence-corrected chi connectivity index (χ0v) is 11.4. The molecule has 0 fully saturated rings. The van der Waals surface area contributed by atoms with Crippen LogP contribution in [0.3, 0.4) is 0 Å². The van der Waals surface area contributed by atoms with Gasteiger partial charge in [0.15, 0.2) is 0 Å². The Kier molecular flexibility index (Phi) is 2.87. The molecule has 1 aliphatic rings. The van der Waals surface area contributed by atoms with E-state index in [-0.39, 0.29) is 5.97 Å². The second-order valence-corrected chi connectivity index (χ2v) is 4.97. The fourth-order valence-corrected chi connectivity index (χ4v) is 2.29. The maximum atomic E-state index is 11.6. The number of rotatable bonds is 1. The predicted octanol–water partition coefficient (Wildman–Crippen LogP) is 3.54. The molecule has 0 aromatic heterocycles. The van der Waals surface area contributed by atoms with Crippen LogP contribution in [0.15, 0.2) is 53.5 Å². The van der Waals surface area contributed by atoms with Crippen LogP contribution < -0.4 is 0 Å². The van der Waals surface area contributed by atoms with Crippen molar-refractivity contribution in [1.29, 1.82) is 0 Å². The molecular weight excluding hydrogens is 341 g/mol. The lowest BCUT2D eigenvalue weighted by Gasteiger charge is -2.00. The number of para-hydroxylation sites is 1. The number of aliphatic imine (C=N–C) groups is 1. The number of carbonyl (C=O) groups is 1. The second kappa shape index (κ2) is 4.53. The fourth-order valence-electron chi connectivity index (χ4n) is 1.78. The standard InChI is InChI=1S/C14H8INO2/c15-11-7-3-4-8-12(11)16-13-9-5-1-2-6-10(9)14(17)18-13/h1-8H. The Hall–Kier alpha value is -1.69. The molecule has 2 aromatic rings. The first-order valence-corrected chi connectivity index (χ1v) is 6.48. The number of fused-ring (bicyclic) bond motifs is 1. The molecule has 88 valence electrons. The molecule has 0 amide bonds. The van der Waals surface area contributed by atoms with Crippen molar-refractivity contribution in [3.05, 3.63) is 63.2 Å². The van der Waals surface area contributed by atoms with Crippen molar-refractivity contribution in [2.24, 2.45) is 4.99 Å². The van der Waals surface area contributed by atoms with Crippen LogP contribution in [0.1, 0.15) is 15.9 Å². The van der Waals surface area contributed by atoms with Crippen molar-refractivity contribution >= 4 is 40.1 Å². The quantitative estimate of drug-likeness (QED) is 0.584.